The Morgan fingerprint density at radius 2 is 1.88 bits per heavy atom. The molecule has 0 rings (SSSR count). The molecule has 0 bridgehead atoms. The van der Waals surface area contributed by atoms with Crippen molar-refractivity contribution in [3.05, 3.63) is 0 Å². The molecule has 1 unspecified atom stereocenters. The lowest BCUT2D eigenvalue weighted by atomic mass is 9.98. The fourth-order valence-corrected chi connectivity index (χ4v) is 1.57. The molecule has 5 nitrogen and oxygen atoms in total. The van der Waals surface area contributed by atoms with Crippen molar-refractivity contribution in [3.8, 4) is 0 Å². The second kappa shape index (κ2) is 7.46. The van der Waals surface area contributed by atoms with Crippen LogP contribution in [0.2, 0.25) is 0 Å². The van der Waals surface area contributed by atoms with E-state index in [1.807, 2.05) is 27.7 Å². The van der Waals surface area contributed by atoms with Crippen LogP contribution >= 0.6 is 0 Å². The summed E-state index contributed by atoms with van der Waals surface area (Å²) in [5, 5.41) is 2.56. The van der Waals surface area contributed by atoms with Crippen LogP contribution in [0.25, 0.3) is 0 Å². The van der Waals surface area contributed by atoms with Crippen LogP contribution in [0.15, 0.2) is 0 Å². The standard InChI is InChI=1S/C11H24N2O3/c1-5-15-11(4,16-6-2)9(3)7-8-13-10(12)14/h9H,5-8H2,1-4H3,(H3,12,13,14). The van der Waals surface area contributed by atoms with E-state index in [0.717, 1.165) is 6.42 Å². The van der Waals surface area contributed by atoms with Crippen molar-refractivity contribution in [1.82, 2.24) is 5.32 Å². The maximum Gasteiger partial charge on any atom is 0.312 e. The predicted octanol–water partition coefficient (Wildman–Crippen LogP) is 1.47. The normalized spacial score (nSPS) is 13.5. The highest BCUT2D eigenvalue weighted by Crippen LogP contribution is 2.25. The summed E-state index contributed by atoms with van der Waals surface area (Å²) in [6, 6.07) is -0.498. The summed E-state index contributed by atoms with van der Waals surface area (Å²) in [5.74, 6) is -0.415. The Kier molecular flexibility index (Phi) is 7.08. The zero-order chi connectivity index (χ0) is 12.6. The number of primary amides is 1. The van der Waals surface area contributed by atoms with E-state index in [9.17, 15) is 4.79 Å². The molecule has 0 heterocycles. The maximum absolute atomic E-state index is 10.5. The van der Waals surface area contributed by atoms with Gasteiger partial charge in [-0.2, -0.15) is 0 Å². The molecule has 0 fully saturated rings. The molecule has 0 spiro atoms. The Hall–Kier alpha value is -0.810. The van der Waals surface area contributed by atoms with Crippen molar-refractivity contribution >= 4 is 6.03 Å². The SMILES string of the molecule is CCOC(C)(OCC)C(C)CCNC(N)=O. The smallest absolute Gasteiger partial charge is 0.312 e. The number of nitrogens with one attached hydrogen (secondary N) is 1. The molecule has 0 radical (unpaired) electrons. The molecule has 3 N–H and O–H groups in total. The largest absolute Gasteiger partial charge is 0.352 e. The Morgan fingerprint density at radius 3 is 2.25 bits per heavy atom. The number of hydrogen-bond donors (Lipinski definition) is 2. The van der Waals surface area contributed by atoms with Gasteiger partial charge in [0.2, 0.25) is 0 Å². The average molecular weight is 232 g/mol. The number of ether oxygens (including phenoxy) is 2. The monoisotopic (exact) mass is 232 g/mol. The lowest BCUT2D eigenvalue weighted by Crippen LogP contribution is -2.41. The van der Waals surface area contributed by atoms with Gasteiger partial charge in [0.15, 0.2) is 5.79 Å². The molecule has 0 aliphatic heterocycles. The number of hydrogen-bond acceptors (Lipinski definition) is 3. The van der Waals surface area contributed by atoms with Crippen LogP contribution in [-0.4, -0.2) is 31.6 Å². The summed E-state index contributed by atoms with van der Waals surface area (Å²) in [5.41, 5.74) is 4.99. The third-order valence-corrected chi connectivity index (χ3v) is 2.63. The fourth-order valence-electron chi connectivity index (χ4n) is 1.57. The summed E-state index contributed by atoms with van der Waals surface area (Å²) in [7, 11) is 0. The number of amides is 2. The van der Waals surface area contributed by atoms with E-state index >= 15 is 0 Å². The van der Waals surface area contributed by atoms with Gasteiger partial charge in [-0.05, 0) is 27.2 Å². The maximum atomic E-state index is 10.5. The molecule has 0 aliphatic carbocycles. The summed E-state index contributed by atoms with van der Waals surface area (Å²) >= 11 is 0. The predicted molar refractivity (Wildman–Crippen MR) is 63.0 cm³/mol. The van der Waals surface area contributed by atoms with Crippen molar-refractivity contribution < 1.29 is 14.3 Å². The first-order valence-electron chi connectivity index (χ1n) is 5.77. The summed E-state index contributed by atoms with van der Waals surface area (Å²) < 4.78 is 11.2. The summed E-state index contributed by atoms with van der Waals surface area (Å²) in [6.45, 7) is 9.57. The van der Waals surface area contributed by atoms with Gasteiger partial charge in [0.1, 0.15) is 0 Å². The van der Waals surface area contributed by atoms with Crippen LogP contribution in [0.1, 0.15) is 34.1 Å². The minimum Gasteiger partial charge on any atom is -0.352 e. The van der Waals surface area contributed by atoms with Gasteiger partial charge in [-0.25, -0.2) is 4.79 Å². The van der Waals surface area contributed by atoms with Gasteiger partial charge in [-0.3, -0.25) is 0 Å². The summed E-state index contributed by atoms with van der Waals surface area (Å²) in [6.07, 6.45) is 0.763. The average Bonchev–Trinajstić information content (AvgIpc) is 2.17. The molecule has 0 saturated carbocycles. The minimum absolute atomic E-state index is 0.180. The highest BCUT2D eigenvalue weighted by molar-refractivity contribution is 5.71. The third kappa shape index (κ3) is 5.32. The number of carbonyl (C=O) groups is 1. The zero-order valence-corrected chi connectivity index (χ0v) is 10.7. The molecule has 0 saturated heterocycles. The van der Waals surface area contributed by atoms with E-state index in [-0.39, 0.29) is 5.92 Å². The molecule has 0 aromatic carbocycles. The molecule has 2 amide bonds. The van der Waals surface area contributed by atoms with Gasteiger partial charge in [-0.1, -0.05) is 6.92 Å². The molecular weight excluding hydrogens is 208 g/mol. The lowest BCUT2D eigenvalue weighted by Gasteiger charge is -2.35. The van der Waals surface area contributed by atoms with Crippen molar-refractivity contribution in [2.75, 3.05) is 19.8 Å². The van der Waals surface area contributed by atoms with E-state index in [4.69, 9.17) is 15.2 Å². The second-order valence-electron chi connectivity index (χ2n) is 3.86. The quantitative estimate of drug-likeness (QED) is 0.622. The van der Waals surface area contributed by atoms with Crippen LogP contribution in [0.3, 0.4) is 0 Å². The molecular formula is C11H24N2O3. The molecule has 96 valence electrons. The van der Waals surface area contributed by atoms with E-state index in [2.05, 4.69) is 5.32 Å². The van der Waals surface area contributed by atoms with Crippen molar-refractivity contribution in [2.45, 2.75) is 39.9 Å². The van der Waals surface area contributed by atoms with E-state index in [1.165, 1.54) is 0 Å². The van der Waals surface area contributed by atoms with Crippen LogP contribution in [0.5, 0.6) is 0 Å². The first-order chi connectivity index (χ1) is 7.46. The molecule has 0 aromatic heterocycles. The molecule has 0 aromatic rings. The van der Waals surface area contributed by atoms with E-state index in [0.29, 0.717) is 19.8 Å². The highest BCUT2D eigenvalue weighted by Gasteiger charge is 2.31. The lowest BCUT2D eigenvalue weighted by molar-refractivity contribution is -0.249. The molecule has 0 aliphatic rings. The van der Waals surface area contributed by atoms with Gasteiger partial charge >= 0.3 is 6.03 Å². The first-order valence-corrected chi connectivity index (χ1v) is 5.77. The third-order valence-electron chi connectivity index (χ3n) is 2.63. The van der Waals surface area contributed by atoms with Gasteiger partial charge in [0.25, 0.3) is 0 Å². The Balaban J connectivity index is 4.15. The van der Waals surface area contributed by atoms with E-state index < -0.39 is 11.8 Å². The van der Waals surface area contributed by atoms with Gasteiger partial charge < -0.3 is 20.5 Å². The highest BCUT2D eigenvalue weighted by atomic mass is 16.7. The summed E-state index contributed by atoms with van der Waals surface area (Å²) in [4.78, 5) is 10.5. The van der Waals surface area contributed by atoms with Gasteiger partial charge in [-0.15, -0.1) is 0 Å². The minimum atomic E-state index is -0.594. The van der Waals surface area contributed by atoms with Crippen molar-refractivity contribution in [1.29, 1.82) is 0 Å². The zero-order valence-electron chi connectivity index (χ0n) is 10.7. The first kappa shape index (κ1) is 15.2. The van der Waals surface area contributed by atoms with Gasteiger partial charge in [0, 0.05) is 25.7 Å². The van der Waals surface area contributed by atoms with Crippen LogP contribution in [0, 0.1) is 5.92 Å². The number of rotatable bonds is 8. The topological polar surface area (TPSA) is 73.6 Å². The fraction of sp³-hybridized carbons (Fsp3) is 0.909. The Labute approximate surface area is 97.7 Å². The second-order valence-corrected chi connectivity index (χ2v) is 3.86. The number of urea groups is 1. The van der Waals surface area contributed by atoms with Crippen LogP contribution in [-0.2, 0) is 9.47 Å². The molecule has 16 heavy (non-hydrogen) atoms. The van der Waals surface area contributed by atoms with Crippen LogP contribution in [0.4, 0.5) is 4.79 Å². The Bertz CT molecular complexity index is 203. The van der Waals surface area contributed by atoms with Crippen molar-refractivity contribution in [2.24, 2.45) is 11.7 Å². The Morgan fingerprint density at radius 1 is 1.38 bits per heavy atom. The number of nitrogens with two attached hydrogens (primary N) is 1. The van der Waals surface area contributed by atoms with Crippen LogP contribution < -0.4 is 11.1 Å². The van der Waals surface area contributed by atoms with Crippen molar-refractivity contribution in [3.63, 3.8) is 0 Å². The number of carbonyl (C=O) groups excluding carboxylic acids is 1. The van der Waals surface area contributed by atoms with E-state index in [1.54, 1.807) is 0 Å². The molecule has 5 heteroatoms. The van der Waals surface area contributed by atoms with Gasteiger partial charge in [0.05, 0.1) is 0 Å². The molecule has 1 atom stereocenters.